The Hall–Kier alpha value is -1.47. The highest BCUT2D eigenvalue weighted by molar-refractivity contribution is 6.02. The molecule has 3 heterocycles. The number of hydrogen-bond donors (Lipinski definition) is 2. The molecule has 114 valence electrons. The Bertz CT molecular complexity index is 600. The van der Waals surface area contributed by atoms with E-state index in [9.17, 15) is 4.79 Å². The van der Waals surface area contributed by atoms with Crippen LogP contribution in [0.25, 0.3) is 10.9 Å². The van der Waals surface area contributed by atoms with Crippen LogP contribution in [-0.4, -0.2) is 41.7 Å². The number of hydrogen-bond acceptors (Lipinski definition) is 5. The van der Waals surface area contributed by atoms with E-state index in [1.54, 1.807) is 24.7 Å². The number of anilines is 1. The maximum absolute atomic E-state index is 12.1. The van der Waals surface area contributed by atoms with E-state index in [0.717, 1.165) is 16.6 Å². The van der Waals surface area contributed by atoms with Gasteiger partial charge in [0, 0.05) is 30.5 Å². The summed E-state index contributed by atoms with van der Waals surface area (Å²) in [5.41, 5.74) is 1.52. The minimum Gasteiger partial charge on any atom is -0.378 e. The Kier molecular flexibility index (Phi) is 6.77. The first-order valence-electron chi connectivity index (χ1n) is 6.15. The van der Waals surface area contributed by atoms with Gasteiger partial charge in [-0.1, -0.05) is 0 Å². The maximum Gasteiger partial charge on any atom is 0.243 e. The summed E-state index contributed by atoms with van der Waals surface area (Å²) in [7, 11) is 0. The van der Waals surface area contributed by atoms with Gasteiger partial charge in [0.15, 0.2) is 0 Å². The average Bonchev–Trinajstić information content (AvgIpc) is 2.48. The van der Waals surface area contributed by atoms with E-state index in [-0.39, 0.29) is 36.8 Å². The van der Waals surface area contributed by atoms with Gasteiger partial charge < -0.3 is 15.4 Å². The van der Waals surface area contributed by atoms with Crippen LogP contribution in [0.1, 0.15) is 0 Å². The van der Waals surface area contributed by atoms with Crippen LogP contribution in [0.2, 0.25) is 0 Å². The summed E-state index contributed by atoms with van der Waals surface area (Å²) in [6, 6.07) is 3.27. The molecule has 1 atom stereocenters. The molecular weight excluding hydrogens is 315 g/mol. The van der Waals surface area contributed by atoms with Crippen molar-refractivity contribution in [3.63, 3.8) is 0 Å². The lowest BCUT2D eigenvalue weighted by Crippen LogP contribution is -2.48. The third-order valence-corrected chi connectivity index (χ3v) is 3.04. The maximum atomic E-state index is 12.1. The molecule has 21 heavy (non-hydrogen) atoms. The number of carbonyl (C=O) groups excluding carboxylic acids is 1. The van der Waals surface area contributed by atoms with Crippen LogP contribution in [-0.2, 0) is 9.53 Å². The number of ether oxygens (including phenoxy) is 1. The Balaban J connectivity index is 0.00000110. The highest BCUT2D eigenvalue weighted by Gasteiger charge is 2.21. The van der Waals surface area contributed by atoms with E-state index in [4.69, 9.17) is 4.74 Å². The van der Waals surface area contributed by atoms with Crippen molar-refractivity contribution in [2.45, 2.75) is 6.04 Å². The van der Waals surface area contributed by atoms with Crippen molar-refractivity contribution in [3.8, 4) is 0 Å². The molecule has 2 N–H and O–H groups in total. The molecule has 1 unspecified atom stereocenters. The minimum absolute atomic E-state index is 0. The number of halogens is 2. The van der Waals surface area contributed by atoms with Crippen molar-refractivity contribution in [2.75, 3.05) is 25.1 Å². The first kappa shape index (κ1) is 17.6. The molecule has 0 spiro atoms. The van der Waals surface area contributed by atoms with Crippen molar-refractivity contribution in [1.29, 1.82) is 0 Å². The molecule has 0 aliphatic carbocycles. The minimum atomic E-state index is -0.311. The van der Waals surface area contributed by atoms with Crippen molar-refractivity contribution < 1.29 is 9.53 Å². The first-order chi connectivity index (χ1) is 9.34. The van der Waals surface area contributed by atoms with Gasteiger partial charge in [-0.15, -0.1) is 24.8 Å². The first-order valence-corrected chi connectivity index (χ1v) is 6.15. The Labute approximate surface area is 134 Å². The van der Waals surface area contributed by atoms with Crippen LogP contribution in [0.4, 0.5) is 5.69 Å². The zero-order chi connectivity index (χ0) is 13.1. The lowest BCUT2D eigenvalue weighted by molar-refractivity contribution is -0.120. The second-order valence-electron chi connectivity index (χ2n) is 4.32. The summed E-state index contributed by atoms with van der Waals surface area (Å²) in [6.07, 6.45) is 5.04. The van der Waals surface area contributed by atoms with Gasteiger partial charge in [-0.25, -0.2) is 0 Å². The fraction of sp³-hybridized carbons (Fsp3) is 0.308. The van der Waals surface area contributed by atoms with Crippen LogP contribution >= 0.6 is 24.8 Å². The molecule has 1 fully saturated rings. The molecule has 2 aromatic rings. The van der Waals surface area contributed by atoms with Crippen LogP contribution in [0.15, 0.2) is 30.7 Å². The molecule has 0 radical (unpaired) electrons. The highest BCUT2D eigenvalue weighted by Crippen LogP contribution is 2.20. The van der Waals surface area contributed by atoms with Gasteiger partial charge in [0.2, 0.25) is 5.91 Å². The van der Waals surface area contributed by atoms with Gasteiger partial charge in [0.1, 0.15) is 6.04 Å². The highest BCUT2D eigenvalue weighted by atomic mass is 35.5. The van der Waals surface area contributed by atoms with Crippen molar-refractivity contribution in [3.05, 3.63) is 30.7 Å². The number of amides is 1. The summed E-state index contributed by atoms with van der Waals surface area (Å²) in [5, 5.41) is 6.84. The van der Waals surface area contributed by atoms with Gasteiger partial charge in [-0.05, 0) is 12.1 Å². The summed E-state index contributed by atoms with van der Waals surface area (Å²) in [4.78, 5) is 20.4. The van der Waals surface area contributed by atoms with Crippen LogP contribution in [0.3, 0.4) is 0 Å². The van der Waals surface area contributed by atoms with Crippen LogP contribution < -0.4 is 10.6 Å². The molecule has 6 nitrogen and oxygen atoms in total. The number of aromatic nitrogens is 2. The van der Waals surface area contributed by atoms with E-state index in [1.165, 1.54) is 0 Å². The number of morpholine rings is 1. The Morgan fingerprint density at radius 2 is 2.19 bits per heavy atom. The second kappa shape index (κ2) is 8.09. The lowest BCUT2D eigenvalue weighted by atomic mass is 10.2. The van der Waals surface area contributed by atoms with E-state index in [2.05, 4.69) is 20.6 Å². The number of fused-ring (bicyclic) bond motifs is 1. The normalized spacial score (nSPS) is 17.4. The number of carbonyl (C=O) groups is 1. The van der Waals surface area contributed by atoms with E-state index in [1.807, 2.05) is 6.07 Å². The number of nitrogens with zero attached hydrogens (tertiary/aromatic N) is 2. The summed E-state index contributed by atoms with van der Waals surface area (Å²) >= 11 is 0. The molecule has 1 aliphatic heterocycles. The second-order valence-corrected chi connectivity index (χ2v) is 4.32. The monoisotopic (exact) mass is 330 g/mol. The topological polar surface area (TPSA) is 76.1 Å². The molecule has 3 rings (SSSR count). The third-order valence-electron chi connectivity index (χ3n) is 3.04. The lowest BCUT2D eigenvalue weighted by Gasteiger charge is -2.23. The van der Waals surface area contributed by atoms with Crippen LogP contribution in [0.5, 0.6) is 0 Å². The molecule has 2 aromatic heterocycles. The Morgan fingerprint density at radius 1 is 1.33 bits per heavy atom. The molecule has 8 heteroatoms. The number of pyridine rings is 2. The largest absolute Gasteiger partial charge is 0.378 e. The van der Waals surface area contributed by atoms with E-state index in [0.29, 0.717) is 19.8 Å². The van der Waals surface area contributed by atoms with E-state index >= 15 is 0 Å². The van der Waals surface area contributed by atoms with Gasteiger partial charge >= 0.3 is 0 Å². The SMILES string of the molecule is Cl.Cl.O=C(Nc1ccnc2ccncc12)C1COCCN1. The number of nitrogens with one attached hydrogen (secondary N) is 2. The molecule has 0 saturated carbocycles. The standard InChI is InChI=1S/C13H14N4O2.2ClH/c18-13(12-8-19-6-5-16-12)17-11-2-4-15-10-1-3-14-7-9(10)11;;/h1-4,7,12,16H,5-6,8H2,(H,15,17,18);2*1H. The fourth-order valence-corrected chi connectivity index (χ4v) is 2.05. The van der Waals surface area contributed by atoms with Gasteiger partial charge in [0.25, 0.3) is 0 Å². The van der Waals surface area contributed by atoms with Gasteiger partial charge in [0.05, 0.1) is 24.4 Å². The molecular formula is C13H16Cl2N4O2. The van der Waals surface area contributed by atoms with Crippen LogP contribution in [0, 0.1) is 0 Å². The average molecular weight is 331 g/mol. The summed E-state index contributed by atoms with van der Waals surface area (Å²) in [6.45, 7) is 1.73. The quantitative estimate of drug-likeness (QED) is 0.870. The van der Waals surface area contributed by atoms with Crippen molar-refractivity contribution in [1.82, 2.24) is 15.3 Å². The van der Waals surface area contributed by atoms with E-state index < -0.39 is 0 Å². The van der Waals surface area contributed by atoms with Gasteiger partial charge in [-0.2, -0.15) is 0 Å². The third kappa shape index (κ3) is 4.01. The number of rotatable bonds is 2. The summed E-state index contributed by atoms with van der Waals surface area (Å²) < 4.78 is 5.28. The molecule has 1 amide bonds. The molecule has 1 saturated heterocycles. The molecule has 0 aromatic carbocycles. The predicted molar refractivity (Wildman–Crippen MR) is 85.3 cm³/mol. The molecule has 1 aliphatic rings. The zero-order valence-electron chi connectivity index (χ0n) is 11.1. The van der Waals surface area contributed by atoms with Gasteiger partial charge in [-0.3, -0.25) is 14.8 Å². The smallest absolute Gasteiger partial charge is 0.243 e. The summed E-state index contributed by atoms with van der Waals surface area (Å²) in [5.74, 6) is -0.101. The fourth-order valence-electron chi connectivity index (χ4n) is 2.05. The molecule has 0 bridgehead atoms. The Morgan fingerprint density at radius 3 is 2.95 bits per heavy atom. The van der Waals surface area contributed by atoms with Crippen molar-refractivity contribution >= 4 is 47.3 Å². The van der Waals surface area contributed by atoms with Crippen molar-refractivity contribution in [2.24, 2.45) is 0 Å². The predicted octanol–water partition coefficient (Wildman–Crippen LogP) is 1.40. The zero-order valence-corrected chi connectivity index (χ0v) is 12.7.